The lowest BCUT2D eigenvalue weighted by molar-refractivity contribution is -0.126. The van der Waals surface area contributed by atoms with E-state index in [1.165, 1.54) is 11.6 Å². The normalized spacial score (nSPS) is 16.9. The Morgan fingerprint density at radius 2 is 1.79 bits per heavy atom. The first-order chi connectivity index (χ1) is 13.4. The van der Waals surface area contributed by atoms with Crippen LogP contribution in [-0.2, 0) is 11.3 Å². The Balaban J connectivity index is 1.55. The molecule has 28 heavy (non-hydrogen) atoms. The topological polar surface area (TPSA) is 35.6 Å². The fraction of sp³-hybridized carbons (Fsp3) is 0.435. The Morgan fingerprint density at radius 3 is 2.39 bits per heavy atom. The molecule has 1 saturated heterocycles. The van der Waals surface area contributed by atoms with Gasteiger partial charge in [0.05, 0.1) is 0 Å². The number of carbonyl (C=O) groups excluding carboxylic acids is 1. The number of nitrogens with zero attached hydrogens (tertiary/aromatic N) is 2. The van der Waals surface area contributed by atoms with Gasteiger partial charge in [-0.2, -0.15) is 0 Å². The average Bonchev–Trinajstić information content (AvgIpc) is 2.66. The summed E-state index contributed by atoms with van der Waals surface area (Å²) >= 11 is 0. The van der Waals surface area contributed by atoms with Crippen molar-refractivity contribution in [1.29, 1.82) is 0 Å². The lowest BCUT2D eigenvalue weighted by atomic mass is 10.0. The number of benzene rings is 2. The molecule has 0 aromatic heterocycles. The molecule has 0 bridgehead atoms. The van der Waals surface area contributed by atoms with Crippen LogP contribution >= 0.6 is 0 Å². The van der Waals surface area contributed by atoms with E-state index < -0.39 is 0 Å². The number of likely N-dealkylation sites (N-methyl/N-ethyl adjacent to an activating group) is 1. The van der Waals surface area contributed by atoms with Crippen molar-refractivity contribution in [1.82, 2.24) is 15.1 Å². The van der Waals surface area contributed by atoms with Crippen LogP contribution in [0.15, 0.2) is 48.5 Å². The Hall–Kier alpha value is -2.24. The second-order valence-electron chi connectivity index (χ2n) is 7.93. The minimum absolute atomic E-state index is 0.0430. The number of nitrogens with one attached hydrogen (secondary N) is 1. The van der Waals surface area contributed by atoms with Crippen molar-refractivity contribution in [2.24, 2.45) is 0 Å². The van der Waals surface area contributed by atoms with E-state index in [1.54, 1.807) is 6.07 Å². The summed E-state index contributed by atoms with van der Waals surface area (Å²) in [5.74, 6) is -0.105. The van der Waals surface area contributed by atoms with Gasteiger partial charge in [-0.1, -0.05) is 48.0 Å². The third-order valence-electron chi connectivity index (χ3n) is 5.44. The quantitative estimate of drug-likeness (QED) is 0.829. The van der Waals surface area contributed by atoms with Gasteiger partial charge in [0.2, 0.25) is 5.91 Å². The number of piperidine rings is 1. The zero-order valence-electron chi connectivity index (χ0n) is 17.0. The van der Waals surface area contributed by atoms with Gasteiger partial charge in [-0.3, -0.25) is 14.6 Å². The molecule has 0 saturated carbocycles. The van der Waals surface area contributed by atoms with Gasteiger partial charge >= 0.3 is 0 Å². The maximum absolute atomic E-state index is 13.9. The van der Waals surface area contributed by atoms with E-state index in [0.717, 1.165) is 37.1 Å². The van der Waals surface area contributed by atoms with Crippen molar-refractivity contribution in [2.45, 2.75) is 38.4 Å². The number of rotatable bonds is 6. The summed E-state index contributed by atoms with van der Waals surface area (Å²) in [5, 5.41) is 3.23. The number of halogens is 1. The van der Waals surface area contributed by atoms with Crippen molar-refractivity contribution < 1.29 is 9.18 Å². The van der Waals surface area contributed by atoms with E-state index in [1.807, 2.05) is 62.3 Å². The van der Waals surface area contributed by atoms with Gasteiger partial charge < -0.3 is 5.32 Å². The smallest absolute Gasteiger partial charge is 0.242 e. The number of carbonyl (C=O) groups is 1. The molecule has 1 N–H and O–H groups in total. The molecule has 150 valence electrons. The number of likely N-dealkylation sites (tertiary alicyclic amines) is 1. The maximum atomic E-state index is 13.9. The maximum Gasteiger partial charge on any atom is 0.242 e. The molecule has 0 radical (unpaired) electrons. The van der Waals surface area contributed by atoms with Crippen LogP contribution in [0, 0.1) is 12.7 Å². The van der Waals surface area contributed by atoms with Crippen LogP contribution in [0.2, 0.25) is 0 Å². The van der Waals surface area contributed by atoms with Crippen LogP contribution < -0.4 is 5.32 Å². The Kier molecular flexibility index (Phi) is 6.81. The Labute approximate surface area is 167 Å². The molecule has 3 rings (SSSR count). The van der Waals surface area contributed by atoms with Gasteiger partial charge in [0.15, 0.2) is 0 Å². The summed E-state index contributed by atoms with van der Waals surface area (Å²) in [4.78, 5) is 17.1. The predicted octanol–water partition coefficient (Wildman–Crippen LogP) is 3.52. The fourth-order valence-electron chi connectivity index (χ4n) is 3.82. The highest BCUT2D eigenvalue weighted by molar-refractivity contribution is 5.83. The molecular formula is C23H30FN3O. The first-order valence-corrected chi connectivity index (χ1v) is 9.93. The number of amides is 1. The minimum Gasteiger partial charge on any atom is -0.352 e. The van der Waals surface area contributed by atoms with Crippen LogP contribution in [0.5, 0.6) is 0 Å². The third kappa shape index (κ3) is 5.18. The lowest BCUT2D eigenvalue weighted by Gasteiger charge is -2.34. The zero-order chi connectivity index (χ0) is 20.1. The molecule has 0 aliphatic carbocycles. The number of aryl methyl sites for hydroxylation is 1. The van der Waals surface area contributed by atoms with Crippen LogP contribution in [-0.4, -0.2) is 48.9 Å². The number of hydrogen-bond donors (Lipinski definition) is 1. The van der Waals surface area contributed by atoms with Gasteiger partial charge in [-0.15, -0.1) is 0 Å². The Morgan fingerprint density at radius 1 is 1.14 bits per heavy atom. The highest BCUT2D eigenvalue weighted by Crippen LogP contribution is 2.21. The van der Waals surface area contributed by atoms with Gasteiger partial charge in [-0.05, 0) is 45.5 Å². The molecular weight excluding hydrogens is 353 g/mol. The largest absolute Gasteiger partial charge is 0.352 e. The summed E-state index contributed by atoms with van der Waals surface area (Å²) in [6, 6.07) is 14.9. The monoisotopic (exact) mass is 383 g/mol. The molecule has 1 atom stereocenters. The van der Waals surface area contributed by atoms with Crippen molar-refractivity contribution in [2.75, 3.05) is 27.2 Å². The van der Waals surface area contributed by atoms with Gasteiger partial charge in [0.25, 0.3) is 0 Å². The molecule has 2 aromatic carbocycles. The minimum atomic E-state index is -0.294. The van der Waals surface area contributed by atoms with Crippen LogP contribution in [0.1, 0.15) is 35.6 Å². The molecule has 5 heteroatoms. The van der Waals surface area contributed by atoms with Gasteiger partial charge in [0.1, 0.15) is 11.9 Å². The first kappa shape index (κ1) is 20.5. The fourth-order valence-corrected chi connectivity index (χ4v) is 3.82. The molecule has 2 aromatic rings. The molecule has 1 heterocycles. The second-order valence-corrected chi connectivity index (χ2v) is 7.93. The molecule has 1 aliphatic rings. The van der Waals surface area contributed by atoms with Crippen molar-refractivity contribution in [3.8, 4) is 0 Å². The van der Waals surface area contributed by atoms with Gasteiger partial charge in [0, 0.05) is 31.2 Å². The third-order valence-corrected chi connectivity index (χ3v) is 5.44. The second kappa shape index (κ2) is 9.30. The van der Waals surface area contributed by atoms with E-state index in [2.05, 4.69) is 10.2 Å². The molecule has 0 spiro atoms. The van der Waals surface area contributed by atoms with E-state index in [-0.39, 0.29) is 23.8 Å². The zero-order valence-corrected chi connectivity index (χ0v) is 17.0. The predicted molar refractivity (Wildman–Crippen MR) is 110 cm³/mol. The van der Waals surface area contributed by atoms with Crippen molar-refractivity contribution in [3.63, 3.8) is 0 Å². The van der Waals surface area contributed by atoms with E-state index >= 15 is 0 Å². The lowest BCUT2D eigenvalue weighted by Crippen LogP contribution is -2.47. The summed E-state index contributed by atoms with van der Waals surface area (Å²) < 4.78 is 13.9. The van der Waals surface area contributed by atoms with Crippen LogP contribution in [0.3, 0.4) is 0 Å². The summed E-state index contributed by atoms with van der Waals surface area (Å²) in [6.45, 7) is 4.38. The highest BCUT2D eigenvalue weighted by Gasteiger charge is 2.27. The van der Waals surface area contributed by atoms with Crippen LogP contribution in [0.4, 0.5) is 4.39 Å². The SMILES string of the molecule is Cc1ccc(C(C(=O)NC2CCN(Cc3ccccc3F)CC2)N(C)C)cc1. The standard InChI is InChI=1S/C23H30FN3O/c1-17-8-10-18(11-9-17)22(26(2)3)23(28)25-20-12-14-27(15-13-20)16-19-6-4-5-7-21(19)24/h4-11,20,22H,12-16H2,1-3H3,(H,25,28). The highest BCUT2D eigenvalue weighted by atomic mass is 19.1. The van der Waals surface area contributed by atoms with Crippen molar-refractivity contribution in [3.05, 3.63) is 71.0 Å². The van der Waals surface area contributed by atoms with E-state index in [0.29, 0.717) is 6.54 Å². The first-order valence-electron chi connectivity index (χ1n) is 9.93. The molecule has 1 fully saturated rings. The van der Waals surface area contributed by atoms with E-state index in [4.69, 9.17) is 0 Å². The van der Waals surface area contributed by atoms with Crippen molar-refractivity contribution >= 4 is 5.91 Å². The molecule has 4 nitrogen and oxygen atoms in total. The summed E-state index contributed by atoms with van der Waals surface area (Å²) in [7, 11) is 3.86. The summed E-state index contributed by atoms with van der Waals surface area (Å²) in [6.07, 6.45) is 1.77. The average molecular weight is 384 g/mol. The van der Waals surface area contributed by atoms with E-state index in [9.17, 15) is 9.18 Å². The molecule has 1 amide bonds. The summed E-state index contributed by atoms with van der Waals surface area (Å²) in [5.41, 5.74) is 2.92. The molecule has 1 unspecified atom stereocenters. The number of hydrogen-bond acceptors (Lipinski definition) is 3. The van der Waals surface area contributed by atoms with Gasteiger partial charge in [-0.25, -0.2) is 4.39 Å². The molecule has 1 aliphatic heterocycles. The Bertz CT molecular complexity index is 783. The van der Waals surface area contributed by atoms with Crippen LogP contribution in [0.25, 0.3) is 0 Å².